The highest BCUT2D eigenvalue weighted by Gasteiger charge is 2.28. The van der Waals surface area contributed by atoms with Gasteiger partial charge in [-0.05, 0) is 19.1 Å². The number of rotatable bonds is 2. The van der Waals surface area contributed by atoms with Crippen LogP contribution in [0.15, 0.2) is 64.5 Å². The molecule has 6 heteroatoms. The molecule has 1 aliphatic heterocycles. The number of thiazole rings is 1. The van der Waals surface area contributed by atoms with Crippen LogP contribution in [0.5, 0.6) is 0 Å². The van der Waals surface area contributed by atoms with Crippen molar-refractivity contribution in [3.63, 3.8) is 0 Å². The Balaban J connectivity index is 1.65. The Morgan fingerprint density at radius 1 is 1.07 bits per heavy atom. The quantitative estimate of drug-likeness (QED) is 0.573. The van der Waals surface area contributed by atoms with E-state index in [1.807, 2.05) is 59.3 Å². The molecule has 1 aliphatic rings. The number of fused-ring (bicyclic) bond motifs is 3. The van der Waals surface area contributed by atoms with E-state index in [4.69, 9.17) is 4.98 Å². The Kier molecular flexibility index (Phi) is 3.48. The summed E-state index contributed by atoms with van der Waals surface area (Å²) in [5, 5.41) is 13.8. The van der Waals surface area contributed by atoms with Crippen LogP contribution in [-0.4, -0.2) is 19.6 Å². The first-order chi connectivity index (χ1) is 13.1. The number of allylic oxidation sites excluding steroid dienone is 1. The molecule has 0 aliphatic carbocycles. The van der Waals surface area contributed by atoms with E-state index in [-0.39, 0.29) is 17.9 Å². The van der Waals surface area contributed by atoms with Gasteiger partial charge in [0.05, 0.1) is 28.7 Å². The van der Waals surface area contributed by atoms with Crippen molar-refractivity contribution in [1.82, 2.24) is 14.5 Å². The molecule has 0 amide bonds. The third kappa shape index (κ3) is 2.49. The number of para-hydroxylation sites is 1. The molecule has 5 rings (SSSR count). The summed E-state index contributed by atoms with van der Waals surface area (Å²) in [5.74, 6) is 0.657. The SMILES string of the molecule is Cc1ccc(-c2csc(C3=C(O)Cn4c3nc(=O)c3ccccc34)n2)cc1. The van der Waals surface area contributed by atoms with E-state index in [2.05, 4.69) is 4.98 Å². The summed E-state index contributed by atoms with van der Waals surface area (Å²) in [6.45, 7) is 2.33. The molecule has 0 bridgehead atoms. The van der Waals surface area contributed by atoms with Gasteiger partial charge >= 0.3 is 0 Å². The highest BCUT2D eigenvalue weighted by Crippen LogP contribution is 2.35. The molecule has 4 aromatic rings. The van der Waals surface area contributed by atoms with E-state index in [1.54, 1.807) is 6.07 Å². The average Bonchev–Trinajstić information content (AvgIpc) is 3.27. The van der Waals surface area contributed by atoms with Crippen LogP contribution >= 0.6 is 11.3 Å². The van der Waals surface area contributed by atoms with Crippen molar-refractivity contribution in [2.45, 2.75) is 13.5 Å². The summed E-state index contributed by atoms with van der Waals surface area (Å²) in [5.41, 5.74) is 4.07. The lowest BCUT2D eigenvalue weighted by Gasteiger charge is -2.08. The highest BCUT2D eigenvalue weighted by atomic mass is 32.1. The number of nitrogens with zero attached hydrogens (tertiary/aromatic N) is 3. The maximum absolute atomic E-state index is 12.4. The molecule has 27 heavy (non-hydrogen) atoms. The first-order valence-corrected chi connectivity index (χ1v) is 9.45. The van der Waals surface area contributed by atoms with Crippen LogP contribution in [0.2, 0.25) is 0 Å². The lowest BCUT2D eigenvalue weighted by molar-refractivity contribution is 0.389. The van der Waals surface area contributed by atoms with Gasteiger partial charge in [-0.1, -0.05) is 42.0 Å². The van der Waals surface area contributed by atoms with Gasteiger partial charge in [0, 0.05) is 10.9 Å². The minimum atomic E-state index is -0.292. The summed E-state index contributed by atoms with van der Waals surface area (Å²) in [6.07, 6.45) is 0. The Labute approximate surface area is 158 Å². The highest BCUT2D eigenvalue weighted by molar-refractivity contribution is 7.11. The van der Waals surface area contributed by atoms with Gasteiger partial charge in [-0.3, -0.25) is 4.79 Å². The van der Waals surface area contributed by atoms with E-state index in [0.29, 0.717) is 21.8 Å². The molecule has 1 N–H and O–H groups in total. The number of aromatic nitrogens is 3. The Morgan fingerprint density at radius 2 is 1.85 bits per heavy atom. The first kappa shape index (κ1) is 16.0. The number of hydrogen-bond donors (Lipinski definition) is 1. The summed E-state index contributed by atoms with van der Waals surface area (Å²) < 4.78 is 1.87. The third-order valence-corrected chi connectivity index (χ3v) is 5.63. The largest absolute Gasteiger partial charge is 0.510 e. The lowest BCUT2D eigenvalue weighted by atomic mass is 10.1. The molecule has 0 radical (unpaired) electrons. The summed E-state index contributed by atoms with van der Waals surface area (Å²) >= 11 is 1.44. The number of aliphatic hydroxyl groups is 1. The summed E-state index contributed by atoms with van der Waals surface area (Å²) in [6, 6.07) is 15.5. The molecule has 5 nitrogen and oxygen atoms in total. The monoisotopic (exact) mass is 373 g/mol. The second-order valence-corrected chi connectivity index (χ2v) is 7.43. The number of hydrogen-bond acceptors (Lipinski definition) is 5. The van der Waals surface area contributed by atoms with Crippen LogP contribution in [-0.2, 0) is 6.54 Å². The van der Waals surface area contributed by atoms with Crippen LogP contribution in [0.25, 0.3) is 27.7 Å². The fourth-order valence-corrected chi connectivity index (χ4v) is 4.28. The van der Waals surface area contributed by atoms with Crippen LogP contribution in [0.3, 0.4) is 0 Å². The second-order valence-electron chi connectivity index (χ2n) is 6.57. The normalized spacial score (nSPS) is 13.4. The molecule has 0 atom stereocenters. The van der Waals surface area contributed by atoms with Gasteiger partial charge in [0.1, 0.15) is 10.8 Å². The number of aryl methyl sites for hydroxylation is 1. The molecule has 2 aromatic carbocycles. The summed E-state index contributed by atoms with van der Waals surface area (Å²) in [4.78, 5) is 21.4. The van der Waals surface area contributed by atoms with Gasteiger partial charge in [0.15, 0.2) is 5.82 Å². The van der Waals surface area contributed by atoms with E-state index < -0.39 is 0 Å². The molecule has 2 aromatic heterocycles. The lowest BCUT2D eigenvalue weighted by Crippen LogP contribution is -2.15. The Morgan fingerprint density at radius 3 is 2.67 bits per heavy atom. The van der Waals surface area contributed by atoms with E-state index in [1.165, 1.54) is 16.9 Å². The number of benzene rings is 2. The minimum Gasteiger partial charge on any atom is -0.510 e. The third-order valence-electron chi connectivity index (χ3n) is 4.77. The molecule has 0 fully saturated rings. The van der Waals surface area contributed by atoms with Crippen LogP contribution in [0, 0.1) is 6.92 Å². The van der Waals surface area contributed by atoms with Crippen molar-refractivity contribution in [3.05, 3.63) is 86.4 Å². The molecule has 0 spiro atoms. The standard InChI is InChI=1S/C21H15N3O2S/c1-12-6-8-13(9-7-12)15-11-27-21(22-15)18-17(25)10-24-16-5-3-2-4-14(16)20(26)23-19(18)24/h2-9,11,25H,10H2,1H3. The van der Waals surface area contributed by atoms with Crippen molar-refractivity contribution in [2.24, 2.45) is 0 Å². The van der Waals surface area contributed by atoms with Gasteiger partial charge in [-0.15, -0.1) is 11.3 Å². The van der Waals surface area contributed by atoms with Gasteiger partial charge in [-0.25, -0.2) is 4.98 Å². The predicted molar refractivity (Wildman–Crippen MR) is 107 cm³/mol. The van der Waals surface area contributed by atoms with Crippen molar-refractivity contribution < 1.29 is 5.11 Å². The molecule has 0 saturated heterocycles. The van der Waals surface area contributed by atoms with Gasteiger partial charge in [-0.2, -0.15) is 4.98 Å². The van der Waals surface area contributed by atoms with Crippen molar-refractivity contribution in [2.75, 3.05) is 0 Å². The van der Waals surface area contributed by atoms with E-state index in [0.717, 1.165) is 16.8 Å². The topological polar surface area (TPSA) is 68.0 Å². The summed E-state index contributed by atoms with van der Waals surface area (Å²) in [7, 11) is 0. The minimum absolute atomic E-state index is 0.183. The zero-order valence-electron chi connectivity index (χ0n) is 14.5. The molecular formula is C21H15N3O2S. The van der Waals surface area contributed by atoms with Crippen molar-refractivity contribution in [1.29, 1.82) is 0 Å². The molecular weight excluding hydrogens is 358 g/mol. The number of aliphatic hydroxyl groups excluding tert-OH is 1. The second kappa shape index (κ2) is 5.89. The van der Waals surface area contributed by atoms with Crippen LogP contribution in [0.1, 0.15) is 16.4 Å². The molecule has 0 unspecified atom stereocenters. The average molecular weight is 373 g/mol. The van der Waals surface area contributed by atoms with E-state index >= 15 is 0 Å². The van der Waals surface area contributed by atoms with Crippen molar-refractivity contribution in [3.8, 4) is 11.3 Å². The van der Waals surface area contributed by atoms with Crippen LogP contribution < -0.4 is 5.56 Å². The molecule has 132 valence electrons. The van der Waals surface area contributed by atoms with Crippen molar-refractivity contribution >= 4 is 27.8 Å². The van der Waals surface area contributed by atoms with Gasteiger partial charge in [0.25, 0.3) is 5.56 Å². The smallest absolute Gasteiger partial charge is 0.281 e. The van der Waals surface area contributed by atoms with Crippen LogP contribution in [0.4, 0.5) is 0 Å². The Hall–Kier alpha value is -3.25. The predicted octanol–water partition coefficient (Wildman–Crippen LogP) is 4.16. The molecule has 3 heterocycles. The zero-order valence-corrected chi connectivity index (χ0v) is 15.3. The maximum Gasteiger partial charge on any atom is 0.281 e. The zero-order chi connectivity index (χ0) is 18.5. The maximum atomic E-state index is 12.4. The van der Waals surface area contributed by atoms with Gasteiger partial charge < -0.3 is 9.67 Å². The van der Waals surface area contributed by atoms with E-state index in [9.17, 15) is 9.90 Å². The first-order valence-electron chi connectivity index (χ1n) is 8.57. The van der Waals surface area contributed by atoms with Gasteiger partial charge in [0.2, 0.25) is 0 Å². The fourth-order valence-electron chi connectivity index (χ4n) is 3.39. The Bertz CT molecular complexity index is 1280. The fraction of sp³-hybridized carbons (Fsp3) is 0.0952. The molecule has 0 saturated carbocycles.